The molecule has 14 nitrogen and oxygen atoms in total. The summed E-state index contributed by atoms with van der Waals surface area (Å²) in [6.45, 7) is 1.68. The number of nitrogens with one attached hydrogen (secondary N) is 1. The van der Waals surface area contributed by atoms with Crippen molar-refractivity contribution < 1.29 is 40.6 Å². The van der Waals surface area contributed by atoms with Crippen molar-refractivity contribution in [1.29, 1.82) is 0 Å². The van der Waals surface area contributed by atoms with E-state index in [-0.39, 0.29) is 86.2 Å². The molecule has 18 heteroatoms. The summed E-state index contributed by atoms with van der Waals surface area (Å²) in [7, 11) is -7.92. The second kappa shape index (κ2) is 16.4. The zero-order valence-electron chi connectivity index (χ0n) is 24.6. The first-order valence-electron chi connectivity index (χ1n) is 13.5. The third-order valence-corrected chi connectivity index (χ3v) is 8.52. The van der Waals surface area contributed by atoms with Crippen molar-refractivity contribution in [2.75, 3.05) is 12.4 Å². The van der Waals surface area contributed by atoms with Gasteiger partial charge in [-0.1, -0.05) is 18.2 Å². The maximum atomic E-state index is 12.6. The fourth-order valence-electron chi connectivity index (χ4n) is 4.43. The molecular weight excluding hydrogens is 696 g/mol. The maximum absolute atomic E-state index is 12.6. The van der Waals surface area contributed by atoms with Crippen LogP contribution in [0.25, 0.3) is 10.8 Å². The fraction of sp³-hybridized carbons (Fsp3) is 0.0645. The monoisotopic (exact) mass is 723 g/mol. The summed E-state index contributed by atoms with van der Waals surface area (Å²) in [4.78, 5) is 11.6. The van der Waals surface area contributed by atoms with E-state index in [1.165, 1.54) is 61.7 Å². The van der Waals surface area contributed by atoms with Gasteiger partial charge in [0.25, 0.3) is 26.1 Å². The Morgan fingerprint density at radius 3 is 2.02 bits per heavy atom. The molecule has 0 aromatic heterocycles. The molecule has 49 heavy (non-hydrogen) atoms. The Kier molecular flexibility index (Phi) is 13.4. The molecule has 0 saturated carbocycles. The number of phenols is 1. The molecule has 5 aromatic rings. The summed E-state index contributed by atoms with van der Waals surface area (Å²) >= 11 is 0. The Labute approximate surface area is 325 Å². The third-order valence-electron chi connectivity index (χ3n) is 6.79. The molecule has 0 heterocycles. The van der Waals surface area contributed by atoms with E-state index in [1.807, 2.05) is 0 Å². The first-order valence-corrected chi connectivity index (χ1v) is 16.4. The summed E-state index contributed by atoms with van der Waals surface area (Å²) in [6, 6.07) is 22.0. The number of benzene rings is 5. The van der Waals surface area contributed by atoms with Crippen LogP contribution in [0.4, 0.5) is 28.4 Å². The summed E-state index contributed by atoms with van der Waals surface area (Å²) in [6.07, 6.45) is 0. The van der Waals surface area contributed by atoms with Crippen LogP contribution in [0, 0.1) is 6.92 Å². The standard InChI is InChI=1S/C31H25N5O9S2.2Na.2H/c1-18-14-26(27(45-2)17-25(18)34-33-21-8-11-23(12-9-21)46(39,40)41)35-36-29-28(47(42,43)44)16-20-15-22(10-13-24(20)30(29)37)32-31(38)19-6-4-3-5-7-19;;;;/h3-17,37H,1-2H3,(H,32,38)(H,39,40,41)(H,42,43,44);;;;/b34-33+,36-35+;;;;. The third kappa shape index (κ3) is 9.58. The number of nitrogens with zero attached hydrogens (tertiary/aromatic N) is 4. The zero-order valence-corrected chi connectivity index (χ0v) is 26.2. The van der Waals surface area contributed by atoms with Crippen molar-refractivity contribution in [3.8, 4) is 11.5 Å². The number of phenolic OH excluding ortho intramolecular Hbond substituents is 1. The van der Waals surface area contributed by atoms with Gasteiger partial charge < -0.3 is 15.2 Å². The van der Waals surface area contributed by atoms with Crippen molar-refractivity contribution in [1.82, 2.24) is 0 Å². The minimum absolute atomic E-state index is 0. The van der Waals surface area contributed by atoms with E-state index < -0.39 is 42.5 Å². The number of aromatic hydroxyl groups is 1. The van der Waals surface area contributed by atoms with E-state index in [0.717, 1.165) is 6.07 Å². The minimum atomic E-state index is -4.91. The fourth-order valence-corrected chi connectivity index (χ4v) is 5.56. The van der Waals surface area contributed by atoms with Gasteiger partial charge in [0, 0.05) is 22.7 Å². The average molecular weight is 724 g/mol. The predicted octanol–water partition coefficient (Wildman–Crippen LogP) is 6.14. The molecule has 0 fully saturated rings. The van der Waals surface area contributed by atoms with Crippen molar-refractivity contribution in [2.24, 2.45) is 20.5 Å². The van der Waals surface area contributed by atoms with Crippen LogP contribution in [-0.4, -0.2) is 103 Å². The molecule has 1 amide bonds. The summed E-state index contributed by atoms with van der Waals surface area (Å²) in [5, 5.41) is 30.4. The number of fused-ring (bicyclic) bond motifs is 1. The quantitative estimate of drug-likeness (QED) is 0.0779. The number of azo groups is 2. The molecule has 0 unspecified atom stereocenters. The number of aryl methyl sites for hydroxylation is 1. The van der Waals surface area contributed by atoms with Crippen LogP contribution in [0.5, 0.6) is 11.5 Å². The second-order valence-corrected chi connectivity index (χ2v) is 12.8. The SMILES string of the molecule is COc1cc(/N=N/c2ccc(S(=O)(=O)O)cc2)c(C)cc1/N=N/c1c(S(=O)(=O)O)cc2cc(NC(=O)c3ccccc3)ccc2c1O.[NaH].[NaH]. The van der Waals surface area contributed by atoms with Crippen LogP contribution in [0.1, 0.15) is 15.9 Å². The Hall–Kier alpha value is -3.55. The molecule has 0 spiro atoms. The van der Waals surface area contributed by atoms with Gasteiger partial charge in [0.1, 0.15) is 22.0 Å². The van der Waals surface area contributed by atoms with E-state index in [2.05, 4.69) is 25.8 Å². The van der Waals surface area contributed by atoms with Gasteiger partial charge in [-0.2, -0.15) is 27.1 Å². The van der Waals surface area contributed by atoms with Crippen LogP contribution >= 0.6 is 0 Å². The number of hydrogen-bond donors (Lipinski definition) is 4. The summed E-state index contributed by atoms with van der Waals surface area (Å²) < 4.78 is 71.8. The van der Waals surface area contributed by atoms with Gasteiger partial charge in [-0.3, -0.25) is 13.9 Å². The number of rotatable bonds is 9. The molecule has 5 rings (SSSR count). The van der Waals surface area contributed by atoms with Gasteiger partial charge in [-0.25, -0.2) is 0 Å². The molecule has 0 aliphatic carbocycles. The number of methoxy groups -OCH3 is 1. The molecule has 0 radical (unpaired) electrons. The topological polar surface area (TPSA) is 217 Å². The second-order valence-electron chi connectivity index (χ2n) is 9.98. The number of hydrogen-bond acceptors (Lipinski definition) is 11. The Bertz CT molecular complexity index is 2300. The van der Waals surface area contributed by atoms with E-state index in [0.29, 0.717) is 28.2 Å². The van der Waals surface area contributed by atoms with Gasteiger partial charge >= 0.3 is 59.1 Å². The molecular formula is C31H27N5Na2O9S2. The molecule has 0 aliphatic heterocycles. The van der Waals surface area contributed by atoms with Crippen molar-refractivity contribution in [3.63, 3.8) is 0 Å². The van der Waals surface area contributed by atoms with Gasteiger partial charge in [0.15, 0.2) is 5.75 Å². The zero-order chi connectivity index (χ0) is 33.9. The van der Waals surface area contributed by atoms with E-state index in [4.69, 9.17) is 9.29 Å². The summed E-state index contributed by atoms with van der Waals surface area (Å²) in [5.74, 6) is -0.830. The van der Waals surface area contributed by atoms with Gasteiger partial charge in [0.2, 0.25) is 0 Å². The van der Waals surface area contributed by atoms with E-state index >= 15 is 0 Å². The Morgan fingerprint density at radius 2 is 1.41 bits per heavy atom. The normalized spacial score (nSPS) is 11.7. The molecule has 0 atom stereocenters. The van der Waals surface area contributed by atoms with Crippen molar-refractivity contribution >= 4 is 124 Å². The van der Waals surface area contributed by atoms with Gasteiger partial charge in [0.05, 0.1) is 23.4 Å². The Morgan fingerprint density at radius 1 is 0.755 bits per heavy atom. The predicted molar refractivity (Wildman–Crippen MR) is 186 cm³/mol. The molecule has 5 aromatic carbocycles. The van der Waals surface area contributed by atoms with Crippen molar-refractivity contribution in [2.45, 2.75) is 16.7 Å². The Balaban J connectivity index is 0.00000325. The first-order chi connectivity index (χ1) is 22.2. The molecule has 0 bridgehead atoms. The molecule has 0 aliphatic rings. The number of ether oxygens (including phenoxy) is 1. The van der Waals surface area contributed by atoms with E-state index in [9.17, 15) is 31.3 Å². The number of amides is 1. The first kappa shape index (κ1) is 39.9. The van der Waals surface area contributed by atoms with Crippen LogP contribution < -0.4 is 10.1 Å². The molecule has 4 N–H and O–H groups in total. The van der Waals surface area contributed by atoms with E-state index in [1.54, 1.807) is 37.3 Å². The van der Waals surface area contributed by atoms with Crippen LogP contribution in [0.3, 0.4) is 0 Å². The number of anilines is 1. The van der Waals surface area contributed by atoms with Gasteiger partial charge in [-0.15, -0.1) is 10.2 Å². The van der Waals surface area contributed by atoms with Gasteiger partial charge in [-0.05, 0) is 84.6 Å². The average Bonchev–Trinajstić information content (AvgIpc) is 3.03. The number of carbonyl (C=O) groups is 1. The van der Waals surface area contributed by atoms with Crippen LogP contribution in [-0.2, 0) is 20.2 Å². The number of carbonyl (C=O) groups excluding carboxylic acids is 1. The molecule has 0 saturated heterocycles. The van der Waals surface area contributed by atoms with Crippen molar-refractivity contribution in [3.05, 3.63) is 102 Å². The molecule has 244 valence electrons. The van der Waals surface area contributed by atoms with Crippen LogP contribution in [0.15, 0.2) is 121 Å². The van der Waals surface area contributed by atoms with Crippen LogP contribution in [0.2, 0.25) is 0 Å². The summed E-state index contributed by atoms with van der Waals surface area (Å²) in [5.41, 5.74) is 1.50.